The Balaban J connectivity index is 1.94. The maximum atomic E-state index is 3.72. The van der Waals surface area contributed by atoms with Crippen molar-refractivity contribution in [3.8, 4) is 0 Å². The molecule has 0 saturated heterocycles. The molecule has 118 valence electrons. The summed E-state index contributed by atoms with van der Waals surface area (Å²) in [5.41, 5.74) is 3.18. The molecule has 1 unspecified atom stereocenters. The van der Waals surface area contributed by atoms with Gasteiger partial charge in [0.1, 0.15) is 0 Å². The second-order valence-electron chi connectivity index (χ2n) is 8.33. The first-order valence-corrected chi connectivity index (χ1v) is 8.67. The molecule has 0 spiro atoms. The zero-order chi connectivity index (χ0) is 15.5. The lowest BCUT2D eigenvalue weighted by Gasteiger charge is -2.22. The molecule has 0 aromatic heterocycles. The van der Waals surface area contributed by atoms with Crippen molar-refractivity contribution in [2.45, 2.75) is 71.8 Å². The number of benzene rings is 1. The van der Waals surface area contributed by atoms with Gasteiger partial charge in [-0.2, -0.15) is 0 Å². The van der Waals surface area contributed by atoms with E-state index in [1.54, 1.807) is 0 Å². The molecule has 1 aliphatic carbocycles. The van der Waals surface area contributed by atoms with Gasteiger partial charge in [0, 0.05) is 6.04 Å². The van der Waals surface area contributed by atoms with Crippen LogP contribution in [0.4, 0.5) is 0 Å². The van der Waals surface area contributed by atoms with Crippen molar-refractivity contribution in [3.63, 3.8) is 0 Å². The third-order valence-corrected chi connectivity index (χ3v) is 4.42. The molecule has 0 amide bonds. The Morgan fingerprint density at radius 3 is 2.19 bits per heavy atom. The average molecular weight is 287 g/mol. The van der Waals surface area contributed by atoms with Gasteiger partial charge in [-0.1, -0.05) is 58.9 Å². The van der Waals surface area contributed by atoms with E-state index in [0.717, 1.165) is 17.9 Å². The summed E-state index contributed by atoms with van der Waals surface area (Å²) >= 11 is 0. The first-order chi connectivity index (χ1) is 9.84. The second-order valence-corrected chi connectivity index (χ2v) is 8.33. The molecule has 0 heterocycles. The number of nitrogens with one attached hydrogen (secondary N) is 1. The van der Waals surface area contributed by atoms with Gasteiger partial charge in [0.25, 0.3) is 0 Å². The van der Waals surface area contributed by atoms with Crippen LogP contribution in [0.2, 0.25) is 0 Å². The van der Waals surface area contributed by atoms with E-state index in [0.29, 0.717) is 0 Å². The molecule has 1 aromatic rings. The van der Waals surface area contributed by atoms with E-state index < -0.39 is 0 Å². The SMILES string of the molecule is CC(C)CC(CNC1CC1)Cc1ccc(C(C)(C)C)cc1. The van der Waals surface area contributed by atoms with Crippen LogP contribution in [0.25, 0.3) is 0 Å². The molecule has 0 radical (unpaired) electrons. The summed E-state index contributed by atoms with van der Waals surface area (Å²) in [4.78, 5) is 0. The quantitative estimate of drug-likeness (QED) is 0.749. The topological polar surface area (TPSA) is 12.0 Å². The van der Waals surface area contributed by atoms with Gasteiger partial charge in [-0.15, -0.1) is 0 Å². The fraction of sp³-hybridized carbons (Fsp3) is 0.700. The van der Waals surface area contributed by atoms with Crippen LogP contribution in [0, 0.1) is 11.8 Å². The van der Waals surface area contributed by atoms with Crippen LogP contribution in [-0.4, -0.2) is 12.6 Å². The van der Waals surface area contributed by atoms with E-state index in [9.17, 15) is 0 Å². The van der Waals surface area contributed by atoms with Gasteiger partial charge in [-0.25, -0.2) is 0 Å². The van der Waals surface area contributed by atoms with Crippen molar-refractivity contribution >= 4 is 0 Å². The summed E-state index contributed by atoms with van der Waals surface area (Å²) in [6.07, 6.45) is 5.30. The van der Waals surface area contributed by atoms with E-state index in [1.165, 1.54) is 43.4 Å². The molecule has 1 nitrogen and oxygen atoms in total. The van der Waals surface area contributed by atoms with Gasteiger partial charge >= 0.3 is 0 Å². The summed E-state index contributed by atoms with van der Waals surface area (Å²) in [6, 6.07) is 10.1. The van der Waals surface area contributed by atoms with Crippen LogP contribution in [0.3, 0.4) is 0 Å². The largest absolute Gasteiger partial charge is 0.314 e. The molecular weight excluding hydrogens is 254 g/mol. The summed E-state index contributed by atoms with van der Waals surface area (Å²) in [5.74, 6) is 1.55. The number of hydrogen-bond donors (Lipinski definition) is 1. The Morgan fingerprint density at radius 2 is 1.71 bits per heavy atom. The lowest BCUT2D eigenvalue weighted by atomic mass is 9.85. The molecule has 0 aliphatic heterocycles. The van der Waals surface area contributed by atoms with E-state index in [2.05, 4.69) is 64.2 Å². The van der Waals surface area contributed by atoms with Crippen molar-refractivity contribution in [2.75, 3.05) is 6.54 Å². The van der Waals surface area contributed by atoms with Gasteiger partial charge < -0.3 is 5.32 Å². The van der Waals surface area contributed by atoms with Crippen molar-refractivity contribution in [1.82, 2.24) is 5.32 Å². The second kappa shape index (κ2) is 6.96. The zero-order valence-electron chi connectivity index (χ0n) is 14.6. The van der Waals surface area contributed by atoms with Crippen LogP contribution in [0.15, 0.2) is 24.3 Å². The van der Waals surface area contributed by atoms with Crippen LogP contribution in [0.5, 0.6) is 0 Å². The van der Waals surface area contributed by atoms with Gasteiger partial charge in [0.05, 0.1) is 0 Å². The average Bonchev–Trinajstić information content (AvgIpc) is 3.19. The molecule has 2 rings (SSSR count). The predicted molar refractivity (Wildman–Crippen MR) is 92.8 cm³/mol. The van der Waals surface area contributed by atoms with E-state index >= 15 is 0 Å². The summed E-state index contributed by atoms with van der Waals surface area (Å²) < 4.78 is 0. The molecular formula is C20H33N. The van der Waals surface area contributed by atoms with Crippen molar-refractivity contribution in [2.24, 2.45) is 11.8 Å². The third-order valence-electron chi connectivity index (χ3n) is 4.42. The molecule has 1 atom stereocenters. The highest BCUT2D eigenvalue weighted by Crippen LogP contribution is 2.25. The minimum Gasteiger partial charge on any atom is -0.314 e. The molecule has 1 fully saturated rings. The Morgan fingerprint density at radius 1 is 1.10 bits per heavy atom. The lowest BCUT2D eigenvalue weighted by molar-refractivity contribution is 0.384. The Labute approximate surface area is 131 Å². The third kappa shape index (κ3) is 5.82. The highest BCUT2D eigenvalue weighted by atomic mass is 14.9. The van der Waals surface area contributed by atoms with Gasteiger partial charge in [-0.3, -0.25) is 0 Å². The Bertz CT molecular complexity index is 420. The number of hydrogen-bond acceptors (Lipinski definition) is 1. The van der Waals surface area contributed by atoms with E-state index in [-0.39, 0.29) is 5.41 Å². The first kappa shape index (κ1) is 16.5. The molecule has 1 heteroatoms. The fourth-order valence-electron chi connectivity index (χ4n) is 3.00. The van der Waals surface area contributed by atoms with Crippen LogP contribution in [-0.2, 0) is 11.8 Å². The Kier molecular flexibility index (Phi) is 5.48. The monoisotopic (exact) mass is 287 g/mol. The number of rotatable bonds is 7. The maximum absolute atomic E-state index is 3.72. The lowest BCUT2D eigenvalue weighted by Crippen LogP contribution is -2.27. The minimum atomic E-state index is 0.253. The van der Waals surface area contributed by atoms with Gasteiger partial charge in [-0.05, 0) is 60.6 Å². The van der Waals surface area contributed by atoms with E-state index in [4.69, 9.17) is 0 Å². The smallest absolute Gasteiger partial charge is 0.00683 e. The summed E-state index contributed by atoms with van der Waals surface area (Å²) in [7, 11) is 0. The molecule has 1 aliphatic rings. The minimum absolute atomic E-state index is 0.253. The predicted octanol–water partition coefficient (Wildman–Crippen LogP) is 4.94. The maximum Gasteiger partial charge on any atom is 0.00683 e. The van der Waals surface area contributed by atoms with Crippen molar-refractivity contribution < 1.29 is 0 Å². The first-order valence-electron chi connectivity index (χ1n) is 8.67. The van der Waals surface area contributed by atoms with Gasteiger partial charge in [0.2, 0.25) is 0 Å². The standard InChI is InChI=1S/C20H33N/c1-15(2)12-17(14-21-19-10-11-19)13-16-6-8-18(9-7-16)20(3,4)5/h6-9,15,17,19,21H,10-14H2,1-5H3. The summed E-state index contributed by atoms with van der Waals surface area (Å²) in [5, 5.41) is 3.72. The molecule has 1 N–H and O–H groups in total. The zero-order valence-corrected chi connectivity index (χ0v) is 14.6. The molecule has 21 heavy (non-hydrogen) atoms. The fourth-order valence-corrected chi connectivity index (χ4v) is 3.00. The summed E-state index contributed by atoms with van der Waals surface area (Å²) in [6.45, 7) is 12.7. The van der Waals surface area contributed by atoms with Crippen LogP contribution in [0.1, 0.15) is 65.0 Å². The van der Waals surface area contributed by atoms with Crippen molar-refractivity contribution in [3.05, 3.63) is 35.4 Å². The molecule has 0 bridgehead atoms. The molecule has 1 aromatic carbocycles. The highest BCUT2D eigenvalue weighted by Gasteiger charge is 2.22. The van der Waals surface area contributed by atoms with Crippen LogP contribution < -0.4 is 5.32 Å². The normalized spacial score (nSPS) is 17.2. The Hall–Kier alpha value is -0.820. The van der Waals surface area contributed by atoms with E-state index in [1.807, 2.05) is 0 Å². The molecule has 1 saturated carbocycles. The van der Waals surface area contributed by atoms with Gasteiger partial charge in [0.15, 0.2) is 0 Å². The highest BCUT2D eigenvalue weighted by molar-refractivity contribution is 5.27. The van der Waals surface area contributed by atoms with Crippen molar-refractivity contribution in [1.29, 1.82) is 0 Å². The van der Waals surface area contributed by atoms with Crippen LogP contribution >= 0.6 is 0 Å².